The lowest BCUT2D eigenvalue weighted by Gasteiger charge is -2.07. The van der Waals surface area contributed by atoms with E-state index in [2.05, 4.69) is 24.1 Å². The SMILES string of the molecule is Cc1[nH]c2ccc(F)cc2c1CCNC(C)C. The van der Waals surface area contributed by atoms with Gasteiger partial charge >= 0.3 is 0 Å². The third kappa shape index (κ3) is 2.67. The Hall–Kier alpha value is -1.35. The predicted octanol–water partition coefficient (Wildman–Crippen LogP) is 3.16. The van der Waals surface area contributed by atoms with E-state index in [-0.39, 0.29) is 5.82 Å². The molecular formula is C14H19FN2. The van der Waals surface area contributed by atoms with E-state index in [1.54, 1.807) is 12.1 Å². The van der Waals surface area contributed by atoms with Crippen LogP contribution >= 0.6 is 0 Å². The number of aromatic nitrogens is 1. The Morgan fingerprint density at radius 3 is 2.82 bits per heavy atom. The van der Waals surface area contributed by atoms with Crippen LogP contribution in [0.3, 0.4) is 0 Å². The summed E-state index contributed by atoms with van der Waals surface area (Å²) < 4.78 is 13.2. The second kappa shape index (κ2) is 4.88. The van der Waals surface area contributed by atoms with Crippen LogP contribution in [0.4, 0.5) is 4.39 Å². The average molecular weight is 234 g/mol. The second-order valence-corrected chi connectivity index (χ2v) is 4.78. The van der Waals surface area contributed by atoms with Crippen LogP contribution in [0.1, 0.15) is 25.1 Å². The zero-order chi connectivity index (χ0) is 12.4. The van der Waals surface area contributed by atoms with Gasteiger partial charge in [-0.3, -0.25) is 0 Å². The van der Waals surface area contributed by atoms with Crippen molar-refractivity contribution < 1.29 is 4.39 Å². The molecule has 0 bridgehead atoms. The first-order chi connectivity index (χ1) is 8.08. The maximum absolute atomic E-state index is 13.2. The van der Waals surface area contributed by atoms with E-state index in [1.165, 1.54) is 11.6 Å². The standard InChI is InChI=1S/C14H19FN2/c1-9(2)16-7-6-12-10(3)17-14-5-4-11(15)8-13(12)14/h4-5,8-9,16-17H,6-7H2,1-3H3. The van der Waals surface area contributed by atoms with E-state index in [9.17, 15) is 4.39 Å². The first-order valence-corrected chi connectivity index (χ1v) is 6.08. The van der Waals surface area contributed by atoms with Crippen LogP contribution in [0, 0.1) is 12.7 Å². The molecule has 0 radical (unpaired) electrons. The zero-order valence-electron chi connectivity index (χ0n) is 10.6. The number of hydrogen-bond donors (Lipinski definition) is 2. The van der Waals surface area contributed by atoms with Crippen molar-refractivity contribution in [3.8, 4) is 0 Å². The smallest absolute Gasteiger partial charge is 0.123 e. The van der Waals surface area contributed by atoms with Crippen molar-refractivity contribution in [2.24, 2.45) is 0 Å². The van der Waals surface area contributed by atoms with E-state index in [1.807, 2.05) is 6.92 Å². The van der Waals surface area contributed by atoms with Gasteiger partial charge < -0.3 is 10.3 Å². The minimum absolute atomic E-state index is 0.172. The molecule has 0 unspecified atom stereocenters. The van der Waals surface area contributed by atoms with Crippen molar-refractivity contribution in [1.29, 1.82) is 0 Å². The minimum atomic E-state index is -0.172. The first-order valence-electron chi connectivity index (χ1n) is 6.08. The molecule has 1 aromatic carbocycles. The van der Waals surface area contributed by atoms with E-state index in [4.69, 9.17) is 0 Å². The van der Waals surface area contributed by atoms with Gasteiger partial charge in [0.2, 0.25) is 0 Å². The number of halogens is 1. The summed E-state index contributed by atoms with van der Waals surface area (Å²) in [7, 11) is 0. The van der Waals surface area contributed by atoms with Crippen molar-refractivity contribution in [3.63, 3.8) is 0 Å². The molecule has 3 heteroatoms. The fourth-order valence-electron chi connectivity index (χ4n) is 2.16. The van der Waals surface area contributed by atoms with Crippen LogP contribution in [-0.2, 0) is 6.42 Å². The number of hydrogen-bond acceptors (Lipinski definition) is 1. The molecule has 0 saturated heterocycles. The predicted molar refractivity (Wildman–Crippen MR) is 69.8 cm³/mol. The number of fused-ring (bicyclic) bond motifs is 1. The second-order valence-electron chi connectivity index (χ2n) is 4.78. The monoisotopic (exact) mass is 234 g/mol. The lowest BCUT2D eigenvalue weighted by molar-refractivity contribution is 0.590. The highest BCUT2D eigenvalue weighted by Gasteiger charge is 2.08. The molecule has 0 amide bonds. The summed E-state index contributed by atoms with van der Waals surface area (Å²) in [5, 5.41) is 4.39. The van der Waals surface area contributed by atoms with E-state index < -0.39 is 0 Å². The van der Waals surface area contributed by atoms with Gasteiger partial charge in [-0.2, -0.15) is 0 Å². The van der Waals surface area contributed by atoms with Crippen molar-refractivity contribution in [3.05, 3.63) is 35.3 Å². The Morgan fingerprint density at radius 2 is 2.12 bits per heavy atom. The highest BCUT2D eigenvalue weighted by Crippen LogP contribution is 2.23. The molecule has 2 N–H and O–H groups in total. The highest BCUT2D eigenvalue weighted by atomic mass is 19.1. The van der Waals surface area contributed by atoms with Gasteiger partial charge in [-0.25, -0.2) is 4.39 Å². The fourth-order valence-corrected chi connectivity index (χ4v) is 2.16. The van der Waals surface area contributed by atoms with Crippen molar-refractivity contribution in [1.82, 2.24) is 10.3 Å². The number of benzene rings is 1. The van der Waals surface area contributed by atoms with E-state index in [0.29, 0.717) is 6.04 Å². The summed E-state index contributed by atoms with van der Waals surface area (Å²) in [5.41, 5.74) is 3.37. The summed E-state index contributed by atoms with van der Waals surface area (Å²) in [4.78, 5) is 3.30. The van der Waals surface area contributed by atoms with E-state index >= 15 is 0 Å². The molecule has 1 heterocycles. The number of aromatic amines is 1. The highest BCUT2D eigenvalue weighted by molar-refractivity contribution is 5.84. The Labute approximate surface area is 101 Å². The van der Waals surface area contributed by atoms with Crippen LogP contribution in [0.5, 0.6) is 0 Å². The summed E-state index contributed by atoms with van der Waals surface area (Å²) in [5.74, 6) is -0.172. The summed E-state index contributed by atoms with van der Waals surface area (Å²) >= 11 is 0. The molecule has 0 aliphatic heterocycles. The molecule has 0 spiro atoms. The topological polar surface area (TPSA) is 27.8 Å². The molecule has 0 atom stereocenters. The molecule has 17 heavy (non-hydrogen) atoms. The minimum Gasteiger partial charge on any atom is -0.358 e. The molecule has 2 nitrogen and oxygen atoms in total. The van der Waals surface area contributed by atoms with Crippen molar-refractivity contribution in [2.75, 3.05) is 6.54 Å². The van der Waals surface area contributed by atoms with Crippen LogP contribution in [-0.4, -0.2) is 17.6 Å². The van der Waals surface area contributed by atoms with Gasteiger partial charge in [-0.15, -0.1) is 0 Å². The van der Waals surface area contributed by atoms with Gasteiger partial charge in [0.25, 0.3) is 0 Å². The van der Waals surface area contributed by atoms with Crippen LogP contribution in [0.15, 0.2) is 18.2 Å². The van der Waals surface area contributed by atoms with Gasteiger partial charge in [0.05, 0.1) is 0 Å². The third-order valence-electron chi connectivity index (χ3n) is 3.01. The van der Waals surface area contributed by atoms with Crippen molar-refractivity contribution in [2.45, 2.75) is 33.2 Å². The molecule has 92 valence electrons. The molecule has 0 aliphatic rings. The van der Waals surface area contributed by atoms with Gasteiger partial charge in [0.15, 0.2) is 0 Å². The molecule has 2 aromatic rings. The third-order valence-corrected chi connectivity index (χ3v) is 3.01. The molecule has 0 aliphatic carbocycles. The lowest BCUT2D eigenvalue weighted by Crippen LogP contribution is -2.25. The molecule has 1 aromatic heterocycles. The maximum atomic E-state index is 13.2. The normalized spacial score (nSPS) is 11.6. The van der Waals surface area contributed by atoms with Gasteiger partial charge in [0.1, 0.15) is 5.82 Å². The van der Waals surface area contributed by atoms with Gasteiger partial charge in [0, 0.05) is 22.6 Å². The lowest BCUT2D eigenvalue weighted by atomic mass is 10.1. The van der Waals surface area contributed by atoms with Crippen LogP contribution < -0.4 is 5.32 Å². The maximum Gasteiger partial charge on any atom is 0.123 e. The van der Waals surface area contributed by atoms with E-state index in [0.717, 1.165) is 29.6 Å². The average Bonchev–Trinajstić information content (AvgIpc) is 2.55. The molecule has 2 rings (SSSR count). The molecular weight excluding hydrogens is 215 g/mol. The number of nitrogens with one attached hydrogen (secondary N) is 2. The number of rotatable bonds is 4. The Kier molecular flexibility index (Phi) is 3.48. The first kappa shape index (κ1) is 12.1. The zero-order valence-corrected chi connectivity index (χ0v) is 10.6. The summed E-state index contributed by atoms with van der Waals surface area (Å²) in [6, 6.07) is 5.40. The molecule has 0 fully saturated rings. The fraction of sp³-hybridized carbons (Fsp3) is 0.429. The largest absolute Gasteiger partial charge is 0.358 e. The quantitative estimate of drug-likeness (QED) is 0.835. The van der Waals surface area contributed by atoms with Gasteiger partial charge in [-0.05, 0) is 43.7 Å². The Bertz CT molecular complexity index is 514. The van der Waals surface area contributed by atoms with Crippen LogP contribution in [0.25, 0.3) is 10.9 Å². The number of aryl methyl sites for hydroxylation is 1. The van der Waals surface area contributed by atoms with Gasteiger partial charge in [-0.1, -0.05) is 13.8 Å². The Morgan fingerprint density at radius 1 is 1.35 bits per heavy atom. The molecule has 0 saturated carbocycles. The Balaban J connectivity index is 2.26. The van der Waals surface area contributed by atoms with Crippen LogP contribution in [0.2, 0.25) is 0 Å². The van der Waals surface area contributed by atoms with Crippen molar-refractivity contribution >= 4 is 10.9 Å². The summed E-state index contributed by atoms with van der Waals surface area (Å²) in [6.45, 7) is 7.22. The summed E-state index contributed by atoms with van der Waals surface area (Å²) in [6.07, 6.45) is 0.924. The number of H-pyrrole nitrogens is 1.